The van der Waals surface area contributed by atoms with E-state index in [0.717, 1.165) is 31.7 Å². The SMILES string of the molecule is COC[C@H]1OC2(CCN(c3cccnn3)CC2)O[C@@H]1COC. The lowest BCUT2D eigenvalue weighted by molar-refractivity contribution is -0.192. The number of nitrogens with zero attached hydrogens (tertiary/aromatic N) is 3. The third-order valence-corrected chi connectivity index (χ3v) is 4.22. The molecule has 0 radical (unpaired) electrons. The molecule has 0 aliphatic carbocycles. The quantitative estimate of drug-likeness (QED) is 0.799. The highest BCUT2D eigenvalue weighted by atomic mass is 16.8. The molecule has 1 aromatic heterocycles. The van der Waals surface area contributed by atoms with Crippen LogP contribution in [0.3, 0.4) is 0 Å². The average molecular weight is 309 g/mol. The second-order valence-electron chi connectivity index (χ2n) is 5.70. The number of piperidine rings is 1. The van der Waals surface area contributed by atoms with E-state index in [4.69, 9.17) is 18.9 Å². The molecular weight excluding hydrogens is 286 g/mol. The van der Waals surface area contributed by atoms with Gasteiger partial charge in [-0.15, -0.1) is 5.10 Å². The number of anilines is 1. The Kier molecular flexibility index (Phi) is 4.87. The van der Waals surface area contributed by atoms with Crippen LogP contribution in [-0.2, 0) is 18.9 Å². The van der Waals surface area contributed by atoms with E-state index in [0.29, 0.717) is 13.2 Å². The highest BCUT2D eigenvalue weighted by Crippen LogP contribution is 2.38. The molecule has 3 heterocycles. The lowest BCUT2D eigenvalue weighted by Gasteiger charge is -2.38. The summed E-state index contributed by atoms with van der Waals surface area (Å²) in [5.74, 6) is 0.377. The molecule has 2 aliphatic rings. The number of hydrogen-bond donors (Lipinski definition) is 0. The van der Waals surface area contributed by atoms with Gasteiger partial charge in [0.15, 0.2) is 11.6 Å². The molecule has 7 nitrogen and oxygen atoms in total. The Morgan fingerprint density at radius 2 is 1.82 bits per heavy atom. The summed E-state index contributed by atoms with van der Waals surface area (Å²) in [5, 5.41) is 8.09. The van der Waals surface area contributed by atoms with Crippen LogP contribution < -0.4 is 4.90 Å². The van der Waals surface area contributed by atoms with Gasteiger partial charge in [0, 0.05) is 46.3 Å². The van der Waals surface area contributed by atoms with Gasteiger partial charge in [-0.1, -0.05) is 0 Å². The van der Waals surface area contributed by atoms with Crippen LogP contribution >= 0.6 is 0 Å². The molecule has 1 aromatic rings. The van der Waals surface area contributed by atoms with Crippen molar-refractivity contribution in [3.05, 3.63) is 18.3 Å². The summed E-state index contributed by atoms with van der Waals surface area (Å²) >= 11 is 0. The van der Waals surface area contributed by atoms with Crippen LogP contribution in [0.25, 0.3) is 0 Å². The Hall–Kier alpha value is -1.28. The third-order valence-electron chi connectivity index (χ3n) is 4.22. The predicted molar refractivity (Wildman–Crippen MR) is 79.7 cm³/mol. The molecule has 22 heavy (non-hydrogen) atoms. The van der Waals surface area contributed by atoms with E-state index >= 15 is 0 Å². The van der Waals surface area contributed by atoms with Crippen LogP contribution in [0.15, 0.2) is 18.3 Å². The first kappa shape index (κ1) is 15.6. The first-order valence-electron chi connectivity index (χ1n) is 7.62. The van der Waals surface area contributed by atoms with Crippen molar-refractivity contribution < 1.29 is 18.9 Å². The second kappa shape index (κ2) is 6.87. The monoisotopic (exact) mass is 309 g/mol. The molecule has 2 saturated heterocycles. The van der Waals surface area contributed by atoms with Crippen molar-refractivity contribution in [2.75, 3.05) is 45.4 Å². The van der Waals surface area contributed by atoms with Gasteiger partial charge < -0.3 is 23.8 Å². The first-order valence-corrected chi connectivity index (χ1v) is 7.62. The number of hydrogen-bond acceptors (Lipinski definition) is 7. The molecule has 1 spiro atoms. The fourth-order valence-corrected chi connectivity index (χ4v) is 3.12. The van der Waals surface area contributed by atoms with E-state index in [1.54, 1.807) is 20.4 Å². The first-order chi connectivity index (χ1) is 10.8. The minimum atomic E-state index is -0.523. The number of methoxy groups -OCH3 is 2. The van der Waals surface area contributed by atoms with E-state index in [1.165, 1.54) is 0 Å². The number of ether oxygens (including phenoxy) is 4. The van der Waals surface area contributed by atoms with Gasteiger partial charge in [-0.3, -0.25) is 0 Å². The molecule has 7 heteroatoms. The van der Waals surface area contributed by atoms with Crippen molar-refractivity contribution in [1.82, 2.24) is 10.2 Å². The highest BCUT2D eigenvalue weighted by molar-refractivity contribution is 5.37. The Bertz CT molecular complexity index is 449. The standard InChI is InChI=1S/C15H23N3O4/c1-19-10-12-13(11-20-2)22-15(21-12)5-8-18(9-6-15)14-4-3-7-16-17-14/h3-4,7,12-13H,5-6,8-11H2,1-2H3/t12-,13-/m1/s1. The number of aromatic nitrogens is 2. The van der Waals surface area contributed by atoms with E-state index in [-0.39, 0.29) is 12.2 Å². The molecule has 2 atom stereocenters. The summed E-state index contributed by atoms with van der Waals surface area (Å²) in [5.41, 5.74) is 0. The Morgan fingerprint density at radius 1 is 1.18 bits per heavy atom. The zero-order chi connectivity index (χ0) is 15.4. The lowest BCUT2D eigenvalue weighted by atomic mass is 10.0. The Balaban J connectivity index is 1.62. The van der Waals surface area contributed by atoms with Crippen LogP contribution in [0, 0.1) is 0 Å². The van der Waals surface area contributed by atoms with E-state index in [1.807, 2.05) is 12.1 Å². The highest BCUT2D eigenvalue weighted by Gasteiger charge is 2.49. The summed E-state index contributed by atoms with van der Waals surface area (Å²) in [6, 6.07) is 3.88. The summed E-state index contributed by atoms with van der Waals surface area (Å²) in [7, 11) is 3.35. The van der Waals surface area contributed by atoms with Crippen molar-refractivity contribution in [2.45, 2.75) is 30.8 Å². The van der Waals surface area contributed by atoms with E-state index in [2.05, 4.69) is 15.1 Å². The van der Waals surface area contributed by atoms with E-state index < -0.39 is 5.79 Å². The zero-order valence-corrected chi connectivity index (χ0v) is 13.1. The minimum absolute atomic E-state index is 0.0759. The van der Waals surface area contributed by atoms with Gasteiger partial charge in [-0.25, -0.2) is 0 Å². The summed E-state index contributed by atoms with van der Waals surface area (Å²) in [4.78, 5) is 2.21. The predicted octanol–water partition coefficient (Wildman–Crippen LogP) is 0.850. The van der Waals surface area contributed by atoms with Crippen LogP contribution in [0.5, 0.6) is 0 Å². The van der Waals surface area contributed by atoms with E-state index in [9.17, 15) is 0 Å². The molecular formula is C15H23N3O4. The maximum Gasteiger partial charge on any atom is 0.172 e. The van der Waals surface area contributed by atoms with Gasteiger partial charge in [0.1, 0.15) is 12.2 Å². The summed E-state index contributed by atoms with van der Waals surface area (Å²) in [6.45, 7) is 2.70. The molecule has 122 valence electrons. The number of rotatable bonds is 5. The smallest absolute Gasteiger partial charge is 0.172 e. The largest absolute Gasteiger partial charge is 0.382 e. The summed E-state index contributed by atoms with van der Waals surface area (Å²) < 4.78 is 22.9. The summed E-state index contributed by atoms with van der Waals surface area (Å²) in [6.07, 6.45) is 3.12. The molecule has 0 amide bonds. The van der Waals surface area contributed by atoms with Crippen LogP contribution in [-0.4, -0.2) is 68.7 Å². The second-order valence-corrected chi connectivity index (χ2v) is 5.70. The molecule has 0 aromatic carbocycles. The molecule has 2 fully saturated rings. The molecule has 3 rings (SSSR count). The van der Waals surface area contributed by atoms with Gasteiger partial charge in [-0.2, -0.15) is 5.10 Å². The van der Waals surface area contributed by atoms with Gasteiger partial charge in [0.2, 0.25) is 0 Å². The third kappa shape index (κ3) is 3.22. The molecule has 0 bridgehead atoms. The maximum atomic E-state index is 6.19. The van der Waals surface area contributed by atoms with Crippen LogP contribution in [0.4, 0.5) is 5.82 Å². The van der Waals surface area contributed by atoms with Gasteiger partial charge in [0.05, 0.1) is 13.2 Å². The van der Waals surface area contributed by atoms with Crippen molar-refractivity contribution in [3.63, 3.8) is 0 Å². The average Bonchev–Trinajstić information content (AvgIpc) is 2.87. The molecule has 0 N–H and O–H groups in total. The van der Waals surface area contributed by atoms with Gasteiger partial charge in [0.25, 0.3) is 0 Å². The Labute approximate surface area is 130 Å². The van der Waals surface area contributed by atoms with Crippen molar-refractivity contribution in [3.8, 4) is 0 Å². The zero-order valence-electron chi connectivity index (χ0n) is 13.1. The topological polar surface area (TPSA) is 65.9 Å². The van der Waals surface area contributed by atoms with Crippen LogP contribution in [0.2, 0.25) is 0 Å². The lowest BCUT2D eigenvalue weighted by Crippen LogP contribution is -2.46. The van der Waals surface area contributed by atoms with Gasteiger partial charge >= 0.3 is 0 Å². The van der Waals surface area contributed by atoms with Crippen molar-refractivity contribution in [1.29, 1.82) is 0 Å². The maximum absolute atomic E-state index is 6.19. The van der Waals surface area contributed by atoms with Gasteiger partial charge in [-0.05, 0) is 12.1 Å². The minimum Gasteiger partial charge on any atom is -0.382 e. The molecule has 2 aliphatic heterocycles. The fourth-order valence-electron chi connectivity index (χ4n) is 3.12. The van der Waals surface area contributed by atoms with Crippen LogP contribution in [0.1, 0.15) is 12.8 Å². The van der Waals surface area contributed by atoms with Crippen molar-refractivity contribution >= 4 is 5.82 Å². The van der Waals surface area contributed by atoms with Crippen molar-refractivity contribution in [2.24, 2.45) is 0 Å². The molecule has 0 saturated carbocycles. The molecule has 0 unspecified atom stereocenters. The normalized spacial score (nSPS) is 27.5. The Morgan fingerprint density at radius 3 is 2.32 bits per heavy atom. The fraction of sp³-hybridized carbons (Fsp3) is 0.733.